The molecule has 0 saturated heterocycles. The molecular formula is C10H24N2O. The van der Waals surface area contributed by atoms with E-state index < -0.39 is 0 Å². The summed E-state index contributed by atoms with van der Waals surface area (Å²) in [5.41, 5.74) is 0. The normalized spacial score (nSPS) is 13.6. The van der Waals surface area contributed by atoms with Gasteiger partial charge in [-0.05, 0) is 26.3 Å². The van der Waals surface area contributed by atoms with Crippen molar-refractivity contribution >= 4 is 0 Å². The van der Waals surface area contributed by atoms with Crippen LogP contribution in [-0.2, 0) is 0 Å². The summed E-state index contributed by atoms with van der Waals surface area (Å²) in [7, 11) is 0. The fourth-order valence-corrected chi connectivity index (χ4v) is 1.10. The lowest BCUT2D eigenvalue weighted by molar-refractivity contribution is 0.181. The highest BCUT2D eigenvalue weighted by Crippen LogP contribution is 1.92. The molecule has 0 fully saturated rings. The summed E-state index contributed by atoms with van der Waals surface area (Å²) in [6, 6.07) is 0.569. The first kappa shape index (κ1) is 12.9. The van der Waals surface area contributed by atoms with Crippen LogP contribution in [0.4, 0.5) is 0 Å². The van der Waals surface area contributed by atoms with E-state index in [2.05, 4.69) is 24.5 Å². The summed E-state index contributed by atoms with van der Waals surface area (Å²) >= 11 is 0. The molecule has 80 valence electrons. The Labute approximate surface area is 81.9 Å². The molecule has 0 aliphatic carbocycles. The molecule has 1 atom stereocenters. The van der Waals surface area contributed by atoms with E-state index in [1.54, 1.807) is 0 Å². The Morgan fingerprint density at radius 1 is 1.08 bits per heavy atom. The third-order valence-corrected chi connectivity index (χ3v) is 1.83. The number of hydrogen-bond acceptors (Lipinski definition) is 3. The van der Waals surface area contributed by atoms with Crippen LogP contribution in [0.15, 0.2) is 0 Å². The maximum atomic E-state index is 8.99. The fraction of sp³-hybridized carbons (Fsp3) is 1.00. The molecule has 3 heteroatoms. The Morgan fingerprint density at radius 2 is 1.77 bits per heavy atom. The van der Waals surface area contributed by atoms with Gasteiger partial charge in [0.25, 0.3) is 0 Å². The zero-order chi connectivity index (χ0) is 10.1. The lowest BCUT2D eigenvalue weighted by Gasteiger charge is -2.09. The predicted octanol–water partition coefficient (Wildman–Crippen LogP) is 0.735. The Bertz CT molecular complexity index is 93.1. The van der Waals surface area contributed by atoms with E-state index >= 15 is 0 Å². The first-order valence-electron chi connectivity index (χ1n) is 5.25. The minimum absolute atomic E-state index is 0.157. The number of aliphatic hydroxyl groups excluding tert-OH is 1. The molecule has 0 aliphatic rings. The predicted molar refractivity (Wildman–Crippen MR) is 56.9 cm³/mol. The van der Waals surface area contributed by atoms with E-state index in [9.17, 15) is 0 Å². The molecular weight excluding hydrogens is 164 g/mol. The summed E-state index contributed by atoms with van der Waals surface area (Å²) < 4.78 is 0. The first-order chi connectivity index (χ1) is 6.13. The summed E-state index contributed by atoms with van der Waals surface area (Å²) in [6.07, 6.45) is 1.79. The minimum atomic E-state index is -0.157. The highest BCUT2D eigenvalue weighted by atomic mass is 16.3. The van der Waals surface area contributed by atoms with Crippen molar-refractivity contribution in [2.75, 3.05) is 19.6 Å². The smallest absolute Gasteiger partial charge is 0.0512 e. The number of aliphatic hydroxyl groups is 1. The second kappa shape index (κ2) is 8.48. The Balaban J connectivity index is 2.92. The Kier molecular flexibility index (Phi) is 8.40. The average Bonchev–Trinajstić information content (AvgIpc) is 2.01. The van der Waals surface area contributed by atoms with Crippen LogP contribution in [0.1, 0.15) is 33.6 Å². The zero-order valence-corrected chi connectivity index (χ0v) is 9.14. The van der Waals surface area contributed by atoms with Gasteiger partial charge in [0.05, 0.1) is 6.10 Å². The molecule has 0 aromatic carbocycles. The van der Waals surface area contributed by atoms with Crippen molar-refractivity contribution in [1.29, 1.82) is 0 Å². The molecule has 0 amide bonds. The van der Waals surface area contributed by atoms with Crippen LogP contribution in [0.25, 0.3) is 0 Å². The maximum absolute atomic E-state index is 8.99. The van der Waals surface area contributed by atoms with E-state index in [1.807, 2.05) is 6.92 Å². The molecule has 0 aromatic heterocycles. The SMILES string of the molecule is CC(O)CCCNCCNC(C)C. The summed E-state index contributed by atoms with van der Waals surface area (Å²) in [4.78, 5) is 0. The molecule has 3 N–H and O–H groups in total. The van der Waals surface area contributed by atoms with E-state index in [4.69, 9.17) is 5.11 Å². The monoisotopic (exact) mass is 188 g/mol. The summed E-state index contributed by atoms with van der Waals surface area (Å²) in [5, 5.41) is 15.6. The molecule has 0 rings (SSSR count). The summed E-state index contributed by atoms with van der Waals surface area (Å²) in [5.74, 6) is 0. The van der Waals surface area contributed by atoms with Gasteiger partial charge in [-0.3, -0.25) is 0 Å². The lowest BCUT2D eigenvalue weighted by atomic mass is 10.2. The minimum Gasteiger partial charge on any atom is -0.393 e. The molecule has 1 unspecified atom stereocenters. The van der Waals surface area contributed by atoms with Crippen LogP contribution in [0.3, 0.4) is 0 Å². The third-order valence-electron chi connectivity index (χ3n) is 1.83. The van der Waals surface area contributed by atoms with Crippen LogP contribution in [0.5, 0.6) is 0 Å². The summed E-state index contributed by atoms with van der Waals surface area (Å²) in [6.45, 7) is 9.16. The highest BCUT2D eigenvalue weighted by molar-refractivity contribution is 4.56. The Morgan fingerprint density at radius 3 is 2.31 bits per heavy atom. The molecule has 0 saturated carbocycles. The fourth-order valence-electron chi connectivity index (χ4n) is 1.10. The van der Waals surface area contributed by atoms with Gasteiger partial charge >= 0.3 is 0 Å². The van der Waals surface area contributed by atoms with E-state index in [0.717, 1.165) is 32.5 Å². The van der Waals surface area contributed by atoms with Crippen LogP contribution < -0.4 is 10.6 Å². The number of hydrogen-bond donors (Lipinski definition) is 3. The van der Waals surface area contributed by atoms with Crippen molar-refractivity contribution in [3.63, 3.8) is 0 Å². The Hall–Kier alpha value is -0.120. The molecule has 0 heterocycles. The number of rotatable bonds is 8. The molecule has 0 radical (unpaired) electrons. The van der Waals surface area contributed by atoms with Crippen molar-refractivity contribution < 1.29 is 5.11 Å². The van der Waals surface area contributed by atoms with Gasteiger partial charge in [0.15, 0.2) is 0 Å². The van der Waals surface area contributed by atoms with Gasteiger partial charge in [-0.2, -0.15) is 0 Å². The molecule has 0 aromatic rings. The van der Waals surface area contributed by atoms with Crippen molar-refractivity contribution in [3.05, 3.63) is 0 Å². The number of nitrogens with one attached hydrogen (secondary N) is 2. The lowest BCUT2D eigenvalue weighted by Crippen LogP contribution is -2.32. The van der Waals surface area contributed by atoms with Gasteiger partial charge < -0.3 is 15.7 Å². The zero-order valence-electron chi connectivity index (χ0n) is 9.14. The van der Waals surface area contributed by atoms with Gasteiger partial charge in [-0.15, -0.1) is 0 Å². The van der Waals surface area contributed by atoms with Crippen molar-refractivity contribution in [2.24, 2.45) is 0 Å². The van der Waals surface area contributed by atoms with Crippen molar-refractivity contribution in [1.82, 2.24) is 10.6 Å². The molecule has 13 heavy (non-hydrogen) atoms. The largest absolute Gasteiger partial charge is 0.393 e. The van der Waals surface area contributed by atoms with E-state index in [0.29, 0.717) is 6.04 Å². The van der Waals surface area contributed by atoms with Gasteiger partial charge in [-0.25, -0.2) is 0 Å². The average molecular weight is 188 g/mol. The second-order valence-electron chi connectivity index (χ2n) is 3.85. The molecule has 0 spiro atoms. The van der Waals surface area contributed by atoms with Crippen LogP contribution in [0, 0.1) is 0 Å². The van der Waals surface area contributed by atoms with Gasteiger partial charge in [0.1, 0.15) is 0 Å². The maximum Gasteiger partial charge on any atom is 0.0512 e. The van der Waals surface area contributed by atoms with E-state index in [-0.39, 0.29) is 6.10 Å². The van der Waals surface area contributed by atoms with Gasteiger partial charge in [-0.1, -0.05) is 13.8 Å². The first-order valence-corrected chi connectivity index (χ1v) is 5.25. The van der Waals surface area contributed by atoms with Gasteiger partial charge in [0, 0.05) is 19.1 Å². The second-order valence-corrected chi connectivity index (χ2v) is 3.85. The van der Waals surface area contributed by atoms with E-state index in [1.165, 1.54) is 0 Å². The van der Waals surface area contributed by atoms with Gasteiger partial charge in [0.2, 0.25) is 0 Å². The molecule has 3 nitrogen and oxygen atoms in total. The van der Waals surface area contributed by atoms with Crippen LogP contribution in [0.2, 0.25) is 0 Å². The highest BCUT2D eigenvalue weighted by Gasteiger charge is 1.94. The topological polar surface area (TPSA) is 44.3 Å². The van der Waals surface area contributed by atoms with Crippen LogP contribution in [-0.4, -0.2) is 36.9 Å². The molecule has 0 aliphatic heterocycles. The standard InChI is InChI=1S/C10H24N2O/c1-9(2)12-8-7-11-6-4-5-10(3)13/h9-13H,4-8H2,1-3H3. The van der Waals surface area contributed by atoms with Crippen molar-refractivity contribution in [3.8, 4) is 0 Å². The quantitative estimate of drug-likeness (QED) is 0.492. The van der Waals surface area contributed by atoms with Crippen molar-refractivity contribution in [2.45, 2.75) is 45.8 Å². The molecule has 0 bridgehead atoms. The van der Waals surface area contributed by atoms with Crippen LogP contribution >= 0.6 is 0 Å². The third kappa shape index (κ3) is 11.9.